The molecule has 3 aliphatic rings. The molecule has 0 bridgehead atoms. The second-order valence-corrected chi connectivity index (χ2v) is 8.68. The van der Waals surface area contributed by atoms with Crippen molar-refractivity contribution in [1.29, 1.82) is 0 Å². The van der Waals surface area contributed by atoms with Crippen molar-refractivity contribution < 1.29 is 39.3 Å². The summed E-state index contributed by atoms with van der Waals surface area (Å²) in [6.07, 6.45) is -0.775. The maximum Gasteiger partial charge on any atom is 0.235 e. The van der Waals surface area contributed by atoms with Crippen LogP contribution in [0.2, 0.25) is 0 Å². The van der Waals surface area contributed by atoms with E-state index >= 15 is 0 Å². The van der Waals surface area contributed by atoms with Gasteiger partial charge in [0.05, 0.1) is 22.8 Å². The third-order valence-corrected chi connectivity index (χ3v) is 7.00. The molecule has 6 atom stereocenters. The number of rotatable bonds is 1. The van der Waals surface area contributed by atoms with Crippen LogP contribution in [0.1, 0.15) is 35.7 Å². The molecule has 31 heavy (non-hydrogen) atoms. The fourth-order valence-electron chi connectivity index (χ4n) is 5.50. The van der Waals surface area contributed by atoms with Crippen molar-refractivity contribution >= 4 is 40.4 Å². The van der Waals surface area contributed by atoms with Crippen LogP contribution in [0.4, 0.5) is 11.4 Å². The SMILES string of the molecule is C[C@@]1(O)c2c(N)cc(N)c(O)c2C(=O)C2C(=O)[C@]3(O)C(=O)C(C(N)=O)C(=O)C[C@@H]3C[C@@H]21. The molecule has 0 radical (unpaired) electrons. The van der Waals surface area contributed by atoms with Gasteiger partial charge in [-0.2, -0.15) is 0 Å². The summed E-state index contributed by atoms with van der Waals surface area (Å²) in [5.74, 6) is -12.6. The van der Waals surface area contributed by atoms with E-state index in [0.29, 0.717) is 0 Å². The van der Waals surface area contributed by atoms with Crippen molar-refractivity contribution in [2.75, 3.05) is 11.5 Å². The van der Waals surface area contributed by atoms with E-state index in [0.717, 1.165) is 0 Å². The number of nitrogen functional groups attached to an aromatic ring is 2. The van der Waals surface area contributed by atoms with Crippen molar-refractivity contribution in [1.82, 2.24) is 0 Å². The highest BCUT2D eigenvalue weighted by Crippen LogP contribution is 2.56. The molecule has 11 nitrogen and oxygen atoms in total. The molecular weight excluding hydrogens is 410 g/mol. The third-order valence-electron chi connectivity index (χ3n) is 7.00. The molecule has 0 saturated heterocycles. The summed E-state index contributed by atoms with van der Waals surface area (Å²) >= 11 is 0. The second kappa shape index (κ2) is 6.11. The van der Waals surface area contributed by atoms with Crippen molar-refractivity contribution in [3.8, 4) is 5.75 Å². The molecule has 4 rings (SSSR count). The minimum Gasteiger partial charge on any atom is -0.505 e. The van der Waals surface area contributed by atoms with Crippen LogP contribution in [0.3, 0.4) is 0 Å². The average molecular weight is 431 g/mol. The Balaban J connectivity index is 1.93. The first kappa shape index (κ1) is 20.9. The molecule has 3 aliphatic carbocycles. The predicted molar refractivity (Wildman–Crippen MR) is 103 cm³/mol. The quantitative estimate of drug-likeness (QED) is 0.126. The first-order valence-corrected chi connectivity index (χ1v) is 9.57. The van der Waals surface area contributed by atoms with E-state index < -0.39 is 81.6 Å². The van der Waals surface area contributed by atoms with Gasteiger partial charge in [0.2, 0.25) is 5.91 Å². The molecule has 164 valence electrons. The summed E-state index contributed by atoms with van der Waals surface area (Å²) in [5, 5.41) is 32.8. The molecule has 0 aliphatic heterocycles. The number of aromatic hydroxyl groups is 1. The largest absolute Gasteiger partial charge is 0.505 e. The number of aliphatic hydroxyl groups is 2. The summed E-state index contributed by atoms with van der Waals surface area (Å²) < 4.78 is 0. The van der Waals surface area contributed by atoms with Crippen molar-refractivity contribution in [2.45, 2.75) is 31.0 Å². The van der Waals surface area contributed by atoms with Gasteiger partial charge in [-0.05, 0) is 19.4 Å². The monoisotopic (exact) mass is 431 g/mol. The van der Waals surface area contributed by atoms with Gasteiger partial charge < -0.3 is 32.5 Å². The van der Waals surface area contributed by atoms with Crippen LogP contribution in [0.15, 0.2) is 6.07 Å². The zero-order chi connectivity index (χ0) is 23.2. The fourth-order valence-corrected chi connectivity index (χ4v) is 5.50. The number of nitrogens with two attached hydrogens (primary N) is 3. The topological polar surface area (TPSA) is 224 Å². The normalized spacial score (nSPS) is 37.1. The average Bonchev–Trinajstić information content (AvgIpc) is 2.65. The zero-order valence-electron chi connectivity index (χ0n) is 16.4. The van der Waals surface area contributed by atoms with Gasteiger partial charge in [-0.3, -0.25) is 24.0 Å². The summed E-state index contributed by atoms with van der Waals surface area (Å²) in [5.41, 5.74) is 11.1. The number of Topliss-reactive ketones (excluding diaryl/α,β-unsaturated/α-hetero) is 4. The lowest BCUT2D eigenvalue weighted by molar-refractivity contribution is -0.182. The number of anilines is 2. The van der Waals surface area contributed by atoms with Gasteiger partial charge in [-0.1, -0.05) is 0 Å². The van der Waals surface area contributed by atoms with Crippen LogP contribution in [0, 0.1) is 23.7 Å². The van der Waals surface area contributed by atoms with Crippen LogP contribution < -0.4 is 17.2 Å². The van der Waals surface area contributed by atoms with E-state index in [1.54, 1.807) is 0 Å². The summed E-state index contributed by atoms with van der Waals surface area (Å²) in [6, 6.07) is 1.17. The second-order valence-electron chi connectivity index (χ2n) is 8.68. The first-order valence-electron chi connectivity index (χ1n) is 9.57. The molecule has 2 unspecified atom stereocenters. The molecule has 1 aromatic rings. The van der Waals surface area contributed by atoms with Gasteiger partial charge in [0.1, 0.15) is 5.75 Å². The maximum atomic E-state index is 13.4. The Morgan fingerprint density at radius 1 is 1.10 bits per heavy atom. The van der Waals surface area contributed by atoms with Crippen molar-refractivity contribution in [3.05, 3.63) is 17.2 Å². The van der Waals surface area contributed by atoms with Crippen LogP contribution in [-0.2, 0) is 24.8 Å². The number of phenolic OH excluding ortho intramolecular Hbond substituents is 1. The number of amides is 1. The molecule has 0 spiro atoms. The van der Waals surface area contributed by atoms with Crippen LogP contribution in [0.5, 0.6) is 5.75 Å². The molecule has 2 fully saturated rings. The predicted octanol–water partition coefficient (Wildman–Crippen LogP) is -1.84. The number of carbonyl (C=O) groups is 5. The van der Waals surface area contributed by atoms with Crippen molar-refractivity contribution in [2.24, 2.45) is 29.4 Å². The number of ketones is 4. The lowest BCUT2D eigenvalue weighted by atomic mass is 9.50. The molecule has 1 amide bonds. The molecule has 11 heteroatoms. The summed E-state index contributed by atoms with van der Waals surface area (Å²) in [7, 11) is 0. The maximum absolute atomic E-state index is 13.4. The fraction of sp³-hybridized carbons (Fsp3) is 0.450. The molecule has 0 heterocycles. The van der Waals surface area contributed by atoms with E-state index in [-0.39, 0.29) is 23.4 Å². The van der Waals surface area contributed by atoms with Gasteiger partial charge in [0.15, 0.2) is 34.7 Å². The number of hydrogen-bond donors (Lipinski definition) is 6. The van der Waals surface area contributed by atoms with Gasteiger partial charge in [-0.15, -0.1) is 0 Å². The minimum absolute atomic E-state index is 0.0834. The van der Waals surface area contributed by atoms with E-state index in [9.17, 15) is 39.3 Å². The van der Waals surface area contributed by atoms with Crippen LogP contribution in [-0.4, -0.2) is 50.0 Å². The van der Waals surface area contributed by atoms with E-state index in [1.165, 1.54) is 13.0 Å². The number of carbonyl (C=O) groups excluding carboxylic acids is 5. The van der Waals surface area contributed by atoms with Crippen LogP contribution in [0.25, 0.3) is 0 Å². The lowest BCUT2D eigenvalue weighted by Crippen LogP contribution is -2.70. The molecule has 1 aromatic carbocycles. The number of fused-ring (bicyclic) bond motifs is 3. The molecule has 2 saturated carbocycles. The standard InChI is InChI=1S/C20H21N3O8/c1-19(30)6-2-5-3-9(24)11(18(23)29)17(28)20(5,31)16(27)10(6)15(26)12-13(19)7(21)4-8(22)14(12)25/h4-6,10-11,25,30-31H,2-3,21-22H2,1H3,(H2,23,29)/t5-,6-,10?,11?,19-,20-/m0/s1. The Morgan fingerprint density at radius 2 is 1.71 bits per heavy atom. The highest BCUT2D eigenvalue weighted by molar-refractivity contribution is 6.31. The first-order chi connectivity index (χ1) is 14.3. The number of benzene rings is 1. The number of phenols is 1. The Bertz CT molecular complexity index is 1110. The smallest absolute Gasteiger partial charge is 0.235 e. The van der Waals surface area contributed by atoms with E-state index in [2.05, 4.69) is 0 Å². The third kappa shape index (κ3) is 2.38. The summed E-state index contributed by atoms with van der Waals surface area (Å²) in [6.45, 7) is 1.29. The Kier molecular flexibility index (Phi) is 4.13. The highest BCUT2D eigenvalue weighted by Gasteiger charge is 2.69. The Morgan fingerprint density at radius 3 is 2.29 bits per heavy atom. The lowest BCUT2D eigenvalue weighted by Gasteiger charge is -2.52. The minimum atomic E-state index is -2.81. The van der Waals surface area contributed by atoms with Gasteiger partial charge in [0.25, 0.3) is 0 Å². The van der Waals surface area contributed by atoms with Gasteiger partial charge in [0, 0.05) is 29.5 Å². The summed E-state index contributed by atoms with van der Waals surface area (Å²) in [4.78, 5) is 63.5. The molecule has 9 N–H and O–H groups in total. The van der Waals surface area contributed by atoms with Crippen LogP contribution >= 0.6 is 0 Å². The Labute approximate surface area is 175 Å². The number of hydrogen-bond acceptors (Lipinski definition) is 10. The number of primary amides is 1. The van der Waals surface area contributed by atoms with Crippen molar-refractivity contribution in [3.63, 3.8) is 0 Å². The Hall–Kier alpha value is -3.31. The molecular formula is C20H21N3O8. The van der Waals surface area contributed by atoms with Gasteiger partial charge >= 0.3 is 0 Å². The zero-order valence-corrected chi connectivity index (χ0v) is 16.4. The molecule has 0 aromatic heterocycles. The van der Waals surface area contributed by atoms with E-state index in [4.69, 9.17) is 17.2 Å². The highest BCUT2D eigenvalue weighted by atomic mass is 16.3. The van der Waals surface area contributed by atoms with Gasteiger partial charge in [-0.25, -0.2) is 0 Å². The van der Waals surface area contributed by atoms with E-state index in [1.807, 2.05) is 0 Å².